The first-order valence-electron chi connectivity index (χ1n) is 10.8. The highest BCUT2D eigenvalue weighted by molar-refractivity contribution is 7.92. The van der Waals surface area contributed by atoms with Crippen molar-refractivity contribution in [3.05, 3.63) is 111 Å². The molecule has 0 saturated heterocycles. The van der Waals surface area contributed by atoms with Crippen LogP contribution in [0.3, 0.4) is 0 Å². The molecule has 0 spiro atoms. The molecule has 1 aromatic heterocycles. The summed E-state index contributed by atoms with van der Waals surface area (Å²) >= 11 is 12.1. The third kappa shape index (κ3) is 5.62. The Bertz CT molecular complexity index is 1560. The number of para-hydroxylation sites is 1. The lowest BCUT2D eigenvalue weighted by atomic mass is 10.2. The number of carbonyl (C=O) groups excluding carboxylic acids is 1. The van der Waals surface area contributed by atoms with Crippen molar-refractivity contribution in [2.45, 2.75) is 18.7 Å². The summed E-state index contributed by atoms with van der Waals surface area (Å²) < 4.78 is 30.1. The van der Waals surface area contributed by atoms with Gasteiger partial charge in [-0.1, -0.05) is 41.4 Å². The number of nitrogens with zero attached hydrogens (tertiary/aromatic N) is 2. The van der Waals surface area contributed by atoms with E-state index in [0.717, 1.165) is 22.6 Å². The van der Waals surface area contributed by atoms with Gasteiger partial charge in [-0.3, -0.25) is 9.52 Å². The van der Waals surface area contributed by atoms with Crippen LogP contribution in [0.15, 0.2) is 88.9 Å². The number of carbonyl (C=O) groups is 1. The molecule has 1 amide bonds. The van der Waals surface area contributed by atoms with Gasteiger partial charge in [-0.2, -0.15) is 5.10 Å². The van der Waals surface area contributed by atoms with Gasteiger partial charge in [0.2, 0.25) is 0 Å². The van der Waals surface area contributed by atoms with Crippen LogP contribution in [0.5, 0.6) is 0 Å². The number of hydrazone groups is 1. The maximum absolute atomic E-state index is 12.8. The molecule has 36 heavy (non-hydrogen) atoms. The summed E-state index contributed by atoms with van der Waals surface area (Å²) in [5.41, 5.74) is 6.55. The molecule has 0 aliphatic carbocycles. The summed E-state index contributed by atoms with van der Waals surface area (Å²) in [5.74, 6) is -0.549. The van der Waals surface area contributed by atoms with Gasteiger partial charge < -0.3 is 4.57 Å². The van der Waals surface area contributed by atoms with E-state index in [2.05, 4.69) is 19.8 Å². The van der Waals surface area contributed by atoms with Crippen molar-refractivity contribution in [3.63, 3.8) is 0 Å². The quantitative estimate of drug-likeness (QED) is 0.223. The number of amides is 1. The number of hydrogen-bond acceptors (Lipinski definition) is 4. The van der Waals surface area contributed by atoms with Gasteiger partial charge in [0, 0.05) is 33.2 Å². The Hall–Kier alpha value is -3.59. The number of rotatable bonds is 7. The average molecular weight is 541 g/mol. The number of benzene rings is 3. The monoisotopic (exact) mass is 540 g/mol. The number of nitrogens with one attached hydrogen (secondary N) is 2. The highest BCUT2D eigenvalue weighted by atomic mass is 35.5. The molecular weight excluding hydrogens is 519 g/mol. The molecule has 10 heteroatoms. The Morgan fingerprint density at radius 2 is 1.67 bits per heavy atom. The van der Waals surface area contributed by atoms with E-state index in [-0.39, 0.29) is 21.2 Å². The van der Waals surface area contributed by atoms with Crippen LogP contribution in [-0.2, 0) is 10.0 Å². The Labute approximate surface area is 219 Å². The van der Waals surface area contributed by atoms with Gasteiger partial charge in [0.05, 0.1) is 21.8 Å². The fourth-order valence-corrected chi connectivity index (χ4v) is 5.17. The zero-order valence-electron chi connectivity index (χ0n) is 19.4. The maximum Gasteiger partial charge on any atom is 0.271 e. The third-order valence-corrected chi connectivity index (χ3v) is 7.39. The molecule has 0 saturated carbocycles. The molecule has 1 heterocycles. The van der Waals surface area contributed by atoms with Crippen molar-refractivity contribution in [2.24, 2.45) is 5.10 Å². The van der Waals surface area contributed by atoms with Crippen LogP contribution < -0.4 is 10.1 Å². The Kier molecular flexibility index (Phi) is 7.49. The van der Waals surface area contributed by atoms with Crippen LogP contribution in [0.25, 0.3) is 5.69 Å². The van der Waals surface area contributed by atoms with Gasteiger partial charge in [-0.05, 0) is 74.5 Å². The highest BCUT2D eigenvalue weighted by Gasteiger charge is 2.18. The molecule has 184 valence electrons. The average Bonchev–Trinajstić information content (AvgIpc) is 3.14. The molecule has 7 nitrogen and oxygen atoms in total. The highest BCUT2D eigenvalue weighted by Crippen LogP contribution is 2.24. The molecule has 3 aromatic carbocycles. The summed E-state index contributed by atoms with van der Waals surface area (Å²) in [6.45, 7) is 3.92. The van der Waals surface area contributed by atoms with E-state index in [4.69, 9.17) is 23.2 Å². The van der Waals surface area contributed by atoms with Crippen LogP contribution in [0.4, 0.5) is 5.69 Å². The Morgan fingerprint density at radius 3 is 2.39 bits per heavy atom. The third-order valence-electron chi connectivity index (χ3n) is 5.45. The maximum atomic E-state index is 12.8. The zero-order chi connectivity index (χ0) is 25.9. The predicted molar refractivity (Wildman–Crippen MR) is 144 cm³/mol. The van der Waals surface area contributed by atoms with E-state index in [9.17, 15) is 13.2 Å². The second-order valence-corrected chi connectivity index (χ2v) is 10.5. The normalized spacial score (nSPS) is 11.6. The fourth-order valence-electron chi connectivity index (χ4n) is 3.68. The second kappa shape index (κ2) is 10.6. The van der Waals surface area contributed by atoms with E-state index in [1.54, 1.807) is 30.5 Å². The van der Waals surface area contributed by atoms with E-state index in [1.165, 1.54) is 24.3 Å². The minimum Gasteiger partial charge on any atom is -0.318 e. The standard InChI is InChI=1S/C26H22Cl2N4O3S/c1-17-14-20(18(2)32(17)22-12-10-21(27)11-13-22)16-29-30-26(33)19-6-5-7-23(15-19)36(34,35)31-25-9-4-3-8-24(25)28/h3-16,31H,1-2H3,(H,30,33)/b29-16+. The minimum atomic E-state index is -3.96. The lowest BCUT2D eigenvalue weighted by Gasteiger charge is -2.10. The van der Waals surface area contributed by atoms with Crippen LogP contribution in [0, 0.1) is 13.8 Å². The van der Waals surface area contributed by atoms with Gasteiger partial charge >= 0.3 is 0 Å². The van der Waals surface area contributed by atoms with Crippen molar-refractivity contribution in [2.75, 3.05) is 4.72 Å². The number of hydrogen-bond donors (Lipinski definition) is 2. The molecule has 4 aromatic rings. The summed E-state index contributed by atoms with van der Waals surface area (Å²) in [5, 5.41) is 4.99. The molecule has 2 N–H and O–H groups in total. The Morgan fingerprint density at radius 1 is 0.944 bits per heavy atom. The molecule has 0 bridgehead atoms. The number of aromatic nitrogens is 1. The smallest absolute Gasteiger partial charge is 0.271 e. The largest absolute Gasteiger partial charge is 0.318 e. The summed E-state index contributed by atoms with van der Waals surface area (Å²) in [6, 6.07) is 21.6. The van der Waals surface area contributed by atoms with Crippen molar-refractivity contribution < 1.29 is 13.2 Å². The van der Waals surface area contributed by atoms with E-state index >= 15 is 0 Å². The molecule has 4 rings (SSSR count). The van der Waals surface area contributed by atoms with Gasteiger partial charge in [0.25, 0.3) is 15.9 Å². The zero-order valence-corrected chi connectivity index (χ0v) is 21.7. The molecule has 0 atom stereocenters. The summed E-state index contributed by atoms with van der Waals surface area (Å²) in [6.07, 6.45) is 1.55. The van der Waals surface area contributed by atoms with Gasteiger partial charge in [0.1, 0.15) is 0 Å². The number of aryl methyl sites for hydroxylation is 1. The molecule has 0 fully saturated rings. The lowest BCUT2D eigenvalue weighted by molar-refractivity contribution is 0.0955. The Balaban J connectivity index is 1.49. The van der Waals surface area contributed by atoms with Crippen molar-refractivity contribution in [1.29, 1.82) is 0 Å². The first kappa shape index (κ1) is 25.5. The van der Waals surface area contributed by atoms with Gasteiger partial charge in [0.15, 0.2) is 0 Å². The van der Waals surface area contributed by atoms with Crippen LogP contribution in [0.2, 0.25) is 10.0 Å². The molecule has 0 aliphatic rings. The van der Waals surface area contributed by atoms with Crippen LogP contribution in [0.1, 0.15) is 27.3 Å². The summed E-state index contributed by atoms with van der Waals surface area (Å²) in [7, 11) is -3.96. The van der Waals surface area contributed by atoms with Crippen molar-refractivity contribution >= 4 is 51.0 Å². The lowest BCUT2D eigenvalue weighted by Crippen LogP contribution is -2.19. The molecule has 0 radical (unpaired) electrons. The van der Waals surface area contributed by atoms with Gasteiger partial charge in [-0.15, -0.1) is 0 Å². The molecule has 0 aliphatic heterocycles. The first-order valence-corrected chi connectivity index (χ1v) is 13.1. The molecular formula is C26H22Cl2N4O3S. The van der Waals surface area contributed by atoms with Gasteiger partial charge in [-0.25, -0.2) is 13.8 Å². The van der Waals surface area contributed by atoms with Crippen molar-refractivity contribution in [1.82, 2.24) is 9.99 Å². The van der Waals surface area contributed by atoms with E-state index in [0.29, 0.717) is 5.02 Å². The van der Waals surface area contributed by atoms with Crippen molar-refractivity contribution in [3.8, 4) is 5.69 Å². The second-order valence-electron chi connectivity index (χ2n) is 7.95. The van der Waals surface area contributed by atoms with Crippen LogP contribution >= 0.6 is 23.2 Å². The fraction of sp³-hybridized carbons (Fsp3) is 0.0769. The molecule has 0 unspecified atom stereocenters. The first-order chi connectivity index (χ1) is 17.2. The van der Waals surface area contributed by atoms with E-state index < -0.39 is 15.9 Å². The van der Waals surface area contributed by atoms with E-state index in [1.807, 2.05) is 44.2 Å². The topological polar surface area (TPSA) is 92.6 Å². The summed E-state index contributed by atoms with van der Waals surface area (Å²) in [4.78, 5) is 12.6. The SMILES string of the molecule is Cc1cc(/C=N/NC(=O)c2cccc(S(=O)(=O)Nc3ccccc3Cl)c2)c(C)n1-c1ccc(Cl)cc1. The number of anilines is 1. The van der Waals surface area contributed by atoms with Crippen LogP contribution in [-0.4, -0.2) is 25.1 Å². The number of halogens is 2. The number of sulfonamides is 1. The predicted octanol–water partition coefficient (Wildman–Crippen LogP) is 5.97. The minimum absolute atomic E-state index is 0.0782.